The standard InChI is InChI=1S/2F3NO2S.Li/c2*1-4(2)7(3,5)6;. The molecule has 89 valence electrons. The van der Waals surface area contributed by atoms with Gasteiger partial charge in [0.15, 0.2) is 9.50 Å². The fourth-order valence-corrected chi connectivity index (χ4v) is 0. The van der Waals surface area contributed by atoms with Gasteiger partial charge in [-0.2, -0.15) is 16.8 Å². The van der Waals surface area contributed by atoms with Crippen LogP contribution in [-0.2, 0) is 20.8 Å². The second-order valence-corrected chi connectivity index (χ2v) is 3.43. The Labute approximate surface area is 92.0 Å². The van der Waals surface area contributed by atoms with Crippen molar-refractivity contribution in [2.24, 2.45) is 0 Å². The van der Waals surface area contributed by atoms with Crippen LogP contribution in [0.4, 0.5) is 25.7 Å². The molecular formula is F6LiN2O4S2. The van der Waals surface area contributed by atoms with Crippen molar-refractivity contribution in [3.63, 3.8) is 0 Å². The van der Waals surface area contributed by atoms with Crippen molar-refractivity contribution in [3.05, 3.63) is 0 Å². The van der Waals surface area contributed by atoms with E-state index in [2.05, 4.69) is 0 Å². The molecule has 0 aliphatic carbocycles. The molecule has 0 atom stereocenters. The quantitative estimate of drug-likeness (QED) is 0.312. The van der Waals surface area contributed by atoms with E-state index < -0.39 is 30.3 Å². The summed E-state index contributed by atoms with van der Waals surface area (Å²) in [5.41, 5.74) is 0. The number of rotatable bonds is 2. The van der Waals surface area contributed by atoms with Crippen molar-refractivity contribution < 1.29 is 42.5 Å². The minimum absolute atomic E-state index is 0. The van der Waals surface area contributed by atoms with Gasteiger partial charge in [0.1, 0.15) is 0 Å². The molecule has 0 aliphatic heterocycles. The molecule has 0 fully saturated rings. The predicted octanol–water partition coefficient (Wildman–Crippen LogP) is 0.163. The van der Waals surface area contributed by atoms with Crippen LogP contribution in [0.1, 0.15) is 0 Å². The van der Waals surface area contributed by atoms with E-state index in [0.717, 1.165) is 0 Å². The molecular weight excluding hydrogens is 277 g/mol. The summed E-state index contributed by atoms with van der Waals surface area (Å²) >= 11 is 0. The average molecular weight is 277 g/mol. The molecule has 0 aromatic heterocycles. The molecule has 0 aromatic carbocycles. The first-order valence-corrected chi connectivity index (χ1v) is 4.70. The van der Waals surface area contributed by atoms with Gasteiger partial charge in [0.05, 0.1) is 0 Å². The van der Waals surface area contributed by atoms with E-state index in [0.29, 0.717) is 0 Å². The van der Waals surface area contributed by atoms with Crippen LogP contribution in [0.15, 0.2) is 0 Å². The van der Waals surface area contributed by atoms with Gasteiger partial charge in [-0.15, -0.1) is 0 Å². The molecule has 0 bridgehead atoms. The predicted molar refractivity (Wildman–Crippen MR) is 33.9 cm³/mol. The van der Waals surface area contributed by atoms with Crippen molar-refractivity contribution in [3.8, 4) is 0 Å². The molecule has 0 N–H and O–H groups in total. The third-order valence-corrected chi connectivity index (χ3v) is 0.989. The molecule has 0 saturated heterocycles. The zero-order valence-electron chi connectivity index (χ0n) is 6.61. The van der Waals surface area contributed by atoms with Crippen LogP contribution in [0.2, 0.25) is 0 Å². The van der Waals surface area contributed by atoms with Gasteiger partial charge < -0.3 is 0 Å². The SMILES string of the molecule is O=S(=O)(F)N(F)F.O=S(=O)(F)N(F)F.[Li]. The Bertz CT molecular complexity index is 311. The van der Waals surface area contributed by atoms with Gasteiger partial charge in [-0.25, -0.2) is 0 Å². The summed E-state index contributed by atoms with van der Waals surface area (Å²) in [5.74, 6) is 0. The first kappa shape index (κ1) is 20.4. The molecule has 1 radical (unpaired) electrons. The second kappa shape index (κ2) is 7.30. The molecule has 0 rings (SSSR count). The molecule has 0 unspecified atom stereocenters. The second-order valence-electron chi connectivity index (χ2n) is 1.23. The zero-order valence-corrected chi connectivity index (χ0v) is 8.24. The van der Waals surface area contributed by atoms with Crippen LogP contribution in [0.3, 0.4) is 0 Å². The minimum atomic E-state index is -5.74. The van der Waals surface area contributed by atoms with Gasteiger partial charge in [-0.3, -0.25) is 0 Å². The van der Waals surface area contributed by atoms with Crippen molar-refractivity contribution >= 4 is 39.7 Å². The van der Waals surface area contributed by atoms with Gasteiger partial charge in [-0.05, 0) is 0 Å². The summed E-state index contributed by atoms with van der Waals surface area (Å²) in [7, 11) is -11.5. The Balaban J connectivity index is -0.000000180. The van der Waals surface area contributed by atoms with Gasteiger partial charge in [0, 0.05) is 18.9 Å². The van der Waals surface area contributed by atoms with Crippen molar-refractivity contribution in [2.75, 3.05) is 0 Å². The van der Waals surface area contributed by atoms with E-state index >= 15 is 0 Å². The molecule has 0 saturated carbocycles. The topological polar surface area (TPSA) is 74.8 Å². The van der Waals surface area contributed by atoms with Gasteiger partial charge in [0.25, 0.3) is 0 Å². The minimum Gasteiger partial charge on any atom is -0.172 e. The summed E-state index contributed by atoms with van der Waals surface area (Å²) < 4.78 is 93.3. The van der Waals surface area contributed by atoms with Crippen molar-refractivity contribution in [2.45, 2.75) is 0 Å². The van der Waals surface area contributed by atoms with E-state index in [9.17, 15) is 25.7 Å². The molecule has 0 aliphatic rings. The monoisotopic (exact) mass is 277 g/mol. The van der Waals surface area contributed by atoms with Gasteiger partial charge in [0.2, 0.25) is 0 Å². The molecule has 0 heterocycles. The normalized spacial score (nSPS) is 11.7. The maximum Gasteiger partial charge on any atom is 0.430 e. The molecule has 15 heteroatoms. The molecule has 0 aromatic rings. The van der Waals surface area contributed by atoms with Crippen molar-refractivity contribution in [1.29, 1.82) is 0 Å². The summed E-state index contributed by atoms with van der Waals surface area (Å²) in [5, 5.41) is 0. The molecule has 0 amide bonds. The van der Waals surface area contributed by atoms with Crippen LogP contribution in [0.25, 0.3) is 0 Å². The smallest absolute Gasteiger partial charge is 0.172 e. The first-order chi connectivity index (χ1) is 5.89. The van der Waals surface area contributed by atoms with Crippen molar-refractivity contribution in [1.82, 2.24) is 9.50 Å². The average Bonchev–Trinajstić information content (AvgIpc) is 1.83. The summed E-state index contributed by atoms with van der Waals surface area (Å²) in [6.07, 6.45) is 0. The van der Waals surface area contributed by atoms with E-state index in [1.807, 2.05) is 0 Å². The maximum atomic E-state index is 10.7. The Morgan fingerprint density at radius 1 is 0.667 bits per heavy atom. The third-order valence-electron chi connectivity index (χ3n) is 0.330. The van der Waals surface area contributed by atoms with Gasteiger partial charge >= 0.3 is 20.8 Å². The number of hydrogen-bond donors (Lipinski definition) is 0. The maximum absolute atomic E-state index is 10.7. The Hall–Kier alpha value is -0.00260. The van der Waals surface area contributed by atoms with E-state index in [1.165, 1.54) is 0 Å². The van der Waals surface area contributed by atoms with Crippen LogP contribution < -0.4 is 0 Å². The Morgan fingerprint density at radius 2 is 0.733 bits per heavy atom. The first-order valence-electron chi connectivity index (χ1n) is 2.02. The van der Waals surface area contributed by atoms with E-state index in [-0.39, 0.29) is 18.9 Å². The fraction of sp³-hybridized carbons (Fsp3) is 0. The fourth-order valence-electron chi connectivity index (χ4n) is 0. The summed E-state index contributed by atoms with van der Waals surface area (Å²) in [6.45, 7) is 0. The van der Waals surface area contributed by atoms with Crippen LogP contribution >= 0.6 is 0 Å². The zero-order chi connectivity index (χ0) is 12.2. The Kier molecular flexibility index (Phi) is 9.94. The van der Waals surface area contributed by atoms with E-state index in [1.54, 1.807) is 0 Å². The van der Waals surface area contributed by atoms with Crippen LogP contribution in [0, 0.1) is 0 Å². The van der Waals surface area contributed by atoms with Crippen LogP contribution in [-0.4, -0.2) is 45.2 Å². The largest absolute Gasteiger partial charge is 0.430 e. The number of nitrogens with zero attached hydrogens (tertiary/aromatic N) is 2. The van der Waals surface area contributed by atoms with Gasteiger partial charge in [-0.1, -0.05) is 25.7 Å². The summed E-state index contributed by atoms with van der Waals surface area (Å²) in [4.78, 5) is 0. The molecule has 0 spiro atoms. The number of hydrogen-bond acceptors (Lipinski definition) is 4. The molecule has 15 heavy (non-hydrogen) atoms. The van der Waals surface area contributed by atoms with Crippen LogP contribution in [0.5, 0.6) is 0 Å². The summed E-state index contributed by atoms with van der Waals surface area (Å²) in [6, 6.07) is 0. The van der Waals surface area contributed by atoms with E-state index in [4.69, 9.17) is 16.8 Å². The third kappa shape index (κ3) is 14.0. The molecule has 6 nitrogen and oxygen atoms in total. The Morgan fingerprint density at radius 3 is 0.733 bits per heavy atom. The number of halogens is 6.